The van der Waals surface area contributed by atoms with Crippen LogP contribution in [0.2, 0.25) is 0 Å². The summed E-state index contributed by atoms with van der Waals surface area (Å²) in [6.45, 7) is 3.81. The molecule has 29 heavy (non-hydrogen) atoms. The number of benzene rings is 3. The molecule has 0 aliphatic carbocycles. The maximum Gasteiger partial charge on any atom is 0.262 e. The first-order valence-electron chi connectivity index (χ1n) is 9.40. The summed E-state index contributed by atoms with van der Waals surface area (Å²) < 4.78 is 11.3. The lowest BCUT2D eigenvalue weighted by Crippen LogP contribution is -2.33. The maximum atomic E-state index is 12.3. The molecule has 1 aliphatic rings. The van der Waals surface area contributed by atoms with E-state index in [0.29, 0.717) is 22.9 Å². The van der Waals surface area contributed by atoms with Crippen LogP contribution in [0.4, 0.5) is 11.4 Å². The molecule has 6 nitrogen and oxygen atoms in total. The van der Waals surface area contributed by atoms with Crippen LogP contribution in [0.1, 0.15) is 13.8 Å². The number of nitrogens with one attached hydrogen (secondary N) is 2. The highest BCUT2D eigenvalue weighted by atomic mass is 16.5. The Bertz CT molecular complexity index is 1090. The van der Waals surface area contributed by atoms with Gasteiger partial charge in [-0.05, 0) is 55.0 Å². The minimum Gasteiger partial charge on any atom is -0.490 e. The van der Waals surface area contributed by atoms with E-state index in [1.807, 2.05) is 56.3 Å². The summed E-state index contributed by atoms with van der Waals surface area (Å²) in [7, 11) is 0. The lowest BCUT2D eigenvalue weighted by molar-refractivity contribution is -0.125. The smallest absolute Gasteiger partial charge is 0.262 e. The van der Waals surface area contributed by atoms with Gasteiger partial charge in [-0.1, -0.05) is 30.3 Å². The summed E-state index contributed by atoms with van der Waals surface area (Å²) in [6, 6.07) is 18.8. The molecule has 6 heteroatoms. The molecule has 2 amide bonds. The zero-order valence-corrected chi connectivity index (χ0v) is 16.3. The molecule has 0 spiro atoms. The molecule has 3 aromatic carbocycles. The van der Waals surface area contributed by atoms with Crippen LogP contribution >= 0.6 is 0 Å². The van der Waals surface area contributed by atoms with Crippen LogP contribution in [0.25, 0.3) is 10.8 Å². The maximum absolute atomic E-state index is 12.3. The normalized spacial score (nSPS) is 14.9. The van der Waals surface area contributed by atoms with Gasteiger partial charge in [0.2, 0.25) is 5.91 Å². The van der Waals surface area contributed by atoms with Gasteiger partial charge in [0.05, 0.1) is 11.1 Å². The fraction of sp³-hybridized carbons (Fsp3) is 0.217. The van der Waals surface area contributed by atoms with Crippen molar-refractivity contribution in [2.45, 2.75) is 13.8 Å². The number of amides is 2. The number of ether oxygens (including phenoxy) is 2. The Labute approximate surface area is 168 Å². The number of hydrogen-bond donors (Lipinski definition) is 2. The number of anilines is 2. The Hall–Kier alpha value is -3.54. The van der Waals surface area contributed by atoms with Crippen molar-refractivity contribution in [2.24, 2.45) is 5.41 Å². The van der Waals surface area contributed by atoms with Crippen molar-refractivity contribution >= 4 is 34.0 Å². The zero-order valence-electron chi connectivity index (χ0n) is 16.3. The molecule has 3 aromatic rings. The molecule has 0 saturated carbocycles. The van der Waals surface area contributed by atoms with Gasteiger partial charge >= 0.3 is 0 Å². The Morgan fingerprint density at radius 3 is 2.72 bits per heavy atom. The van der Waals surface area contributed by atoms with Gasteiger partial charge in [-0.15, -0.1) is 0 Å². The summed E-state index contributed by atoms with van der Waals surface area (Å²) >= 11 is 0. The van der Waals surface area contributed by atoms with Crippen molar-refractivity contribution < 1.29 is 19.1 Å². The van der Waals surface area contributed by atoms with Gasteiger partial charge < -0.3 is 20.1 Å². The third-order valence-electron chi connectivity index (χ3n) is 4.81. The van der Waals surface area contributed by atoms with E-state index in [9.17, 15) is 9.59 Å². The molecule has 2 N–H and O–H groups in total. The quantitative estimate of drug-likeness (QED) is 0.700. The van der Waals surface area contributed by atoms with E-state index in [1.54, 1.807) is 18.2 Å². The highest BCUT2D eigenvalue weighted by Gasteiger charge is 2.32. The van der Waals surface area contributed by atoms with Gasteiger partial charge in [0.25, 0.3) is 5.91 Å². The number of rotatable bonds is 4. The first kappa shape index (κ1) is 18.8. The first-order chi connectivity index (χ1) is 13.9. The predicted octanol–water partition coefficient (Wildman–Crippen LogP) is 4.21. The Kier molecular flexibility index (Phi) is 4.84. The fourth-order valence-electron chi connectivity index (χ4n) is 3.05. The highest BCUT2D eigenvalue weighted by molar-refractivity contribution is 5.98. The van der Waals surface area contributed by atoms with Crippen molar-refractivity contribution in [1.82, 2.24) is 0 Å². The first-order valence-corrected chi connectivity index (χ1v) is 9.40. The molecule has 0 fully saturated rings. The zero-order chi connectivity index (χ0) is 20.4. The lowest BCUT2D eigenvalue weighted by atomic mass is 9.94. The molecule has 0 radical (unpaired) electrons. The van der Waals surface area contributed by atoms with E-state index >= 15 is 0 Å². The van der Waals surface area contributed by atoms with Crippen LogP contribution in [-0.2, 0) is 9.59 Å². The molecule has 1 aliphatic heterocycles. The Morgan fingerprint density at radius 1 is 1.10 bits per heavy atom. The van der Waals surface area contributed by atoms with Gasteiger partial charge in [-0.25, -0.2) is 0 Å². The Balaban J connectivity index is 1.40. The largest absolute Gasteiger partial charge is 0.490 e. The molecule has 148 valence electrons. The summed E-state index contributed by atoms with van der Waals surface area (Å²) in [5.41, 5.74) is 0.462. The molecule has 0 atom stereocenters. The van der Waals surface area contributed by atoms with E-state index in [1.165, 1.54) is 0 Å². The summed E-state index contributed by atoms with van der Waals surface area (Å²) in [4.78, 5) is 24.6. The van der Waals surface area contributed by atoms with Crippen molar-refractivity contribution in [3.63, 3.8) is 0 Å². The minimum absolute atomic E-state index is 0.120. The molecule has 0 saturated heterocycles. The third kappa shape index (κ3) is 4.16. The van der Waals surface area contributed by atoms with E-state index in [4.69, 9.17) is 9.47 Å². The van der Waals surface area contributed by atoms with E-state index < -0.39 is 5.41 Å². The number of hydrogen-bond acceptors (Lipinski definition) is 4. The average Bonchev–Trinajstić information content (AvgIpc) is 2.82. The van der Waals surface area contributed by atoms with Gasteiger partial charge in [-0.3, -0.25) is 9.59 Å². The second kappa shape index (κ2) is 7.47. The highest BCUT2D eigenvalue weighted by Crippen LogP contribution is 2.34. The fourth-order valence-corrected chi connectivity index (χ4v) is 3.05. The summed E-state index contributed by atoms with van der Waals surface area (Å²) in [6.07, 6.45) is 0. The second-order valence-corrected chi connectivity index (χ2v) is 7.68. The monoisotopic (exact) mass is 390 g/mol. The SMILES string of the molecule is CC1(C)COc2ccc(NC(=O)COc3ccc4ccccc4c3)cc2NC1=O. The van der Waals surface area contributed by atoms with Crippen molar-refractivity contribution in [3.05, 3.63) is 60.7 Å². The standard InChI is InChI=1S/C23H22N2O4/c1-23(2)14-29-20-10-8-17(12-19(20)25-22(23)27)24-21(26)13-28-18-9-7-15-5-3-4-6-16(15)11-18/h3-12H,13-14H2,1-2H3,(H,24,26)(H,25,27). The van der Waals surface area contributed by atoms with Crippen LogP contribution < -0.4 is 20.1 Å². The average molecular weight is 390 g/mol. The van der Waals surface area contributed by atoms with Gasteiger partial charge in [0, 0.05) is 5.69 Å². The molecule has 1 heterocycles. The summed E-state index contributed by atoms with van der Waals surface area (Å²) in [5.74, 6) is 0.789. The number of fused-ring (bicyclic) bond motifs is 2. The van der Waals surface area contributed by atoms with Crippen LogP contribution in [0.3, 0.4) is 0 Å². The van der Waals surface area contributed by atoms with Crippen LogP contribution in [0, 0.1) is 5.41 Å². The molecule has 4 rings (SSSR count). The van der Waals surface area contributed by atoms with Gasteiger partial charge in [0.1, 0.15) is 18.1 Å². The lowest BCUT2D eigenvalue weighted by Gasteiger charge is -2.18. The van der Waals surface area contributed by atoms with Crippen molar-refractivity contribution in [2.75, 3.05) is 23.8 Å². The van der Waals surface area contributed by atoms with Crippen LogP contribution in [-0.4, -0.2) is 25.0 Å². The van der Waals surface area contributed by atoms with Crippen molar-refractivity contribution in [3.8, 4) is 11.5 Å². The van der Waals surface area contributed by atoms with E-state index in [0.717, 1.165) is 10.8 Å². The van der Waals surface area contributed by atoms with Crippen LogP contribution in [0.5, 0.6) is 11.5 Å². The third-order valence-corrected chi connectivity index (χ3v) is 4.81. The number of carbonyl (C=O) groups is 2. The summed E-state index contributed by atoms with van der Waals surface area (Å²) in [5, 5.41) is 7.80. The van der Waals surface area contributed by atoms with Crippen LogP contribution in [0.15, 0.2) is 60.7 Å². The van der Waals surface area contributed by atoms with E-state index in [2.05, 4.69) is 10.6 Å². The minimum atomic E-state index is -0.629. The number of carbonyl (C=O) groups excluding carboxylic acids is 2. The molecule has 0 aromatic heterocycles. The second-order valence-electron chi connectivity index (χ2n) is 7.68. The molecular formula is C23H22N2O4. The Morgan fingerprint density at radius 2 is 1.90 bits per heavy atom. The topological polar surface area (TPSA) is 76.7 Å². The molecular weight excluding hydrogens is 368 g/mol. The van der Waals surface area contributed by atoms with Gasteiger partial charge in [0.15, 0.2) is 6.61 Å². The van der Waals surface area contributed by atoms with E-state index in [-0.39, 0.29) is 25.0 Å². The molecule has 0 bridgehead atoms. The predicted molar refractivity (Wildman–Crippen MR) is 112 cm³/mol. The molecule has 0 unspecified atom stereocenters. The van der Waals surface area contributed by atoms with Crippen molar-refractivity contribution in [1.29, 1.82) is 0 Å². The van der Waals surface area contributed by atoms with Gasteiger partial charge in [-0.2, -0.15) is 0 Å².